The van der Waals surface area contributed by atoms with Crippen LogP contribution < -0.4 is 16.4 Å². The van der Waals surface area contributed by atoms with Crippen LogP contribution in [0.5, 0.6) is 0 Å². The number of carbonyl (C=O) groups is 2. The van der Waals surface area contributed by atoms with Gasteiger partial charge in [-0.1, -0.05) is 24.3 Å². The number of fused-ring (bicyclic) bond motifs is 1. The molecular formula is C18H17N5O2. The standard InChI is InChI=1S/C18H17N5O2/c1-20-18(19)23-17(25)15-10-12-13(21-15)8-5-9-14(12)22-16(24)11-6-3-2-4-7-11/h2-10,21H,1H3,(H,22,24)(H3,19,20,23,25). The summed E-state index contributed by atoms with van der Waals surface area (Å²) >= 11 is 0. The van der Waals surface area contributed by atoms with E-state index in [2.05, 4.69) is 20.6 Å². The summed E-state index contributed by atoms with van der Waals surface area (Å²) in [5.41, 5.74) is 7.73. The van der Waals surface area contributed by atoms with Gasteiger partial charge in [0.15, 0.2) is 5.96 Å². The predicted octanol–water partition coefficient (Wildman–Crippen LogP) is 2.09. The monoisotopic (exact) mass is 335 g/mol. The van der Waals surface area contributed by atoms with Gasteiger partial charge in [-0.2, -0.15) is 0 Å². The Kier molecular flexibility index (Phi) is 4.47. The van der Waals surface area contributed by atoms with E-state index in [0.29, 0.717) is 16.9 Å². The number of nitrogens with one attached hydrogen (secondary N) is 3. The van der Waals surface area contributed by atoms with Crippen molar-refractivity contribution in [2.75, 3.05) is 12.4 Å². The number of amides is 2. The van der Waals surface area contributed by atoms with Crippen LogP contribution in [0.25, 0.3) is 10.9 Å². The molecule has 0 atom stereocenters. The van der Waals surface area contributed by atoms with E-state index < -0.39 is 5.91 Å². The SMILES string of the molecule is CN=C(N)NC(=O)c1cc2c(NC(=O)c3ccccc3)cccc2[nH]1. The first-order valence-corrected chi connectivity index (χ1v) is 7.60. The van der Waals surface area contributed by atoms with E-state index in [-0.39, 0.29) is 11.9 Å². The molecule has 25 heavy (non-hydrogen) atoms. The Balaban J connectivity index is 1.89. The van der Waals surface area contributed by atoms with Gasteiger partial charge in [0.25, 0.3) is 11.8 Å². The van der Waals surface area contributed by atoms with Crippen molar-refractivity contribution in [3.05, 3.63) is 65.9 Å². The van der Waals surface area contributed by atoms with E-state index >= 15 is 0 Å². The highest BCUT2D eigenvalue weighted by molar-refractivity contribution is 6.11. The first kappa shape index (κ1) is 16.3. The van der Waals surface area contributed by atoms with Crippen molar-refractivity contribution in [1.29, 1.82) is 0 Å². The summed E-state index contributed by atoms with van der Waals surface area (Å²) in [6, 6.07) is 16.0. The second-order valence-corrected chi connectivity index (χ2v) is 5.33. The summed E-state index contributed by atoms with van der Waals surface area (Å²) in [7, 11) is 1.48. The van der Waals surface area contributed by atoms with Crippen molar-refractivity contribution in [3.63, 3.8) is 0 Å². The van der Waals surface area contributed by atoms with Gasteiger partial charge in [-0.15, -0.1) is 0 Å². The van der Waals surface area contributed by atoms with Crippen molar-refractivity contribution in [1.82, 2.24) is 10.3 Å². The molecule has 2 aromatic carbocycles. The normalized spacial score (nSPS) is 11.3. The zero-order chi connectivity index (χ0) is 17.8. The van der Waals surface area contributed by atoms with Gasteiger partial charge < -0.3 is 16.0 Å². The summed E-state index contributed by atoms with van der Waals surface area (Å²) < 4.78 is 0. The zero-order valence-electron chi connectivity index (χ0n) is 13.5. The molecule has 5 N–H and O–H groups in total. The molecule has 126 valence electrons. The minimum atomic E-state index is -0.403. The first-order chi connectivity index (χ1) is 12.1. The largest absolute Gasteiger partial charge is 0.370 e. The highest BCUT2D eigenvalue weighted by Crippen LogP contribution is 2.25. The fraction of sp³-hybridized carbons (Fsp3) is 0.0556. The van der Waals surface area contributed by atoms with E-state index in [4.69, 9.17) is 5.73 Å². The fourth-order valence-corrected chi connectivity index (χ4v) is 2.41. The Morgan fingerprint density at radius 1 is 1.04 bits per heavy atom. The molecular weight excluding hydrogens is 318 g/mol. The fourth-order valence-electron chi connectivity index (χ4n) is 2.41. The van der Waals surface area contributed by atoms with Crippen LogP contribution in [-0.4, -0.2) is 29.8 Å². The van der Waals surface area contributed by atoms with E-state index in [1.54, 1.807) is 42.5 Å². The van der Waals surface area contributed by atoms with Gasteiger partial charge >= 0.3 is 0 Å². The van der Waals surface area contributed by atoms with Gasteiger partial charge in [0.2, 0.25) is 0 Å². The summed E-state index contributed by atoms with van der Waals surface area (Å²) in [5.74, 6) is -0.594. The molecule has 0 unspecified atom stereocenters. The zero-order valence-corrected chi connectivity index (χ0v) is 13.5. The van der Waals surface area contributed by atoms with Gasteiger partial charge in [0, 0.05) is 23.5 Å². The number of carbonyl (C=O) groups excluding carboxylic acids is 2. The van der Waals surface area contributed by atoms with Crippen molar-refractivity contribution >= 4 is 34.4 Å². The third kappa shape index (κ3) is 3.50. The number of anilines is 1. The lowest BCUT2D eigenvalue weighted by Gasteiger charge is -2.06. The second kappa shape index (κ2) is 6.88. The number of rotatable bonds is 3. The highest BCUT2D eigenvalue weighted by Gasteiger charge is 2.14. The Labute approximate surface area is 143 Å². The molecule has 0 fully saturated rings. The number of hydrogen-bond donors (Lipinski definition) is 4. The van der Waals surface area contributed by atoms with Crippen LogP contribution in [0.3, 0.4) is 0 Å². The van der Waals surface area contributed by atoms with Crippen molar-refractivity contribution in [2.24, 2.45) is 10.7 Å². The lowest BCUT2D eigenvalue weighted by molar-refractivity contribution is 0.0971. The van der Waals surface area contributed by atoms with Crippen molar-refractivity contribution in [3.8, 4) is 0 Å². The van der Waals surface area contributed by atoms with Crippen LogP contribution in [0.15, 0.2) is 59.6 Å². The molecule has 2 amide bonds. The Morgan fingerprint density at radius 2 is 1.80 bits per heavy atom. The minimum Gasteiger partial charge on any atom is -0.370 e. The number of hydrogen-bond acceptors (Lipinski definition) is 3. The highest BCUT2D eigenvalue weighted by atomic mass is 16.2. The van der Waals surface area contributed by atoms with Crippen LogP contribution in [0, 0.1) is 0 Å². The molecule has 7 nitrogen and oxygen atoms in total. The number of aromatic amines is 1. The molecule has 3 rings (SSSR count). The van der Waals surface area contributed by atoms with Gasteiger partial charge in [0.05, 0.1) is 5.69 Å². The molecule has 0 bridgehead atoms. The molecule has 0 saturated heterocycles. The Morgan fingerprint density at radius 3 is 2.52 bits per heavy atom. The average Bonchev–Trinajstić information content (AvgIpc) is 3.08. The molecule has 0 aliphatic carbocycles. The number of aliphatic imine (C=N–C) groups is 1. The number of aromatic nitrogens is 1. The second-order valence-electron chi connectivity index (χ2n) is 5.33. The van der Waals surface area contributed by atoms with Crippen LogP contribution in [-0.2, 0) is 0 Å². The maximum absolute atomic E-state index is 12.3. The number of guanidine groups is 1. The van der Waals surface area contributed by atoms with Gasteiger partial charge in [-0.3, -0.25) is 19.9 Å². The number of nitrogens with two attached hydrogens (primary N) is 1. The van der Waals surface area contributed by atoms with E-state index in [1.807, 2.05) is 12.1 Å². The molecule has 0 saturated carbocycles. The Bertz CT molecular complexity index is 960. The molecule has 1 aromatic heterocycles. The third-order valence-corrected chi connectivity index (χ3v) is 3.68. The quantitative estimate of drug-likeness (QED) is 0.434. The number of H-pyrrole nitrogens is 1. The molecule has 3 aromatic rings. The molecule has 1 heterocycles. The van der Waals surface area contributed by atoms with Crippen LogP contribution in [0.2, 0.25) is 0 Å². The molecule has 0 aliphatic rings. The lowest BCUT2D eigenvalue weighted by atomic mass is 10.1. The van der Waals surface area contributed by atoms with E-state index in [9.17, 15) is 9.59 Å². The van der Waals surface area contributed by atoms with Gasteiger partial charge in [0.1, 0.15) is 5.69 Å². The Hall–Kier alpha value is -3.61. The number of benzene rings is 2. The van der Waals surface area contributed by atoms with Crippen LogP contribution in [0.1, 0.15) is 20.8 Å². The van der Waals surface area contributed by atoms with Crippen molar-refractivity contribution in [2.45, 2.75) is 0 Å². The summed E-state index contributed by atoms with van der Waals surface area (Å²) in [6.07, 6.45) is 0. The first-order valence-electron chi connectivity index (χ1n) is 7.60. The van der Waals surface area contributed by atoms with E-state index in [1.165, 1.54) is 7.05 Å². The topological polar surface area (TPSA) is 112 Å². The average molecular weight is 335 g/mol. The molecule has 0 spiro atoms. The third-order valence-electron chi connectivity index (χ3n) is 3.68. The predicted molar refractivity (Wildman–Crippen MR) is 97.7 cm³/mol. The maximum atomic E-state index is 12.3. The number of nitrogens with zero attached hydrogens (tertiary/aromatic N) is 1. The van der Waals surface area contributed by atoms with E-state index in [0.717, 1.165) is 10.9 Å². The van der Waals surface area contributed by atoms with Crippen molar-refractivity contribution < 1.29 is 9.59 Å². The summed E-state index contributed by atoms with van der Waals surface area (Å²) in [4.78, 5) is 31.2. The molecule has 0 aliphatic heterocycles. The van der Waals surface area contributed by atoms with Crippen LogP contribution in [0.4, 0.5) is 5.69 Å². The summed E-state index contributed by atoms with van der Waals surface area (Å²) in [6.45, 7) is 0. The maximum Gasteiger partial charge on any atom is 0.274 e. The van der Waals surface area contributed by atoms with Crippen LogP contribution >= 0.6 is 0 Å². The lowest BCUT2D eigenvalue weighted by Crippen LogP contribution is -2.36. The summed E-state index contributed by atoms with van der Waals surface area (Å²) in [5, 5.41) is 6.06. The van der Waals surface area contributed by atoms with Gasteiger partial charge in [-0.05, 0) is 30.3 Å². The smallest absolute Gasteiger partial charge is 0.274 e. The molecule has 0 radical (unpaired) electrons. The minimum absolute atomic E-state index is 0.0289. The van der Waals surface area contributed by atoms with Gasteiger partial charge in [-0.25, -0.2) is 0 Å². The molecule has 7 heteroatoms.